The van der Waals surface area contributed by atoms with E-state index in [-0.39, 0.29) is 17.9 Å². The van der Waals surface area contributed by atoms with Gasteiger partial charge in [0.15, 0.2) is 18.1 Å². The van der Waals surface area contributed by atoms with Gasteiger partial charge in [0.05, 0.1) is 23.2 Å². The second-order valence-electron chi connectivity index (χ2n) is 5.71. The zero-order valence-electron chi connectivity index (χ0n) is 15.0. The number of nitro benzene ring substituents is 1. The molecule has 0 bridgehead atoms. The highest BCUT2D eigenvalue weighted by Crippen LogP contribution is 2.34. The molecule has 11 nitrogen and oxygen atoms in total. The van der Waals surface area contributed by atoms with Gasteiger partial charge >= 0.3 is 11.9 Å². The van der Waals surface area contributed by atoms with Crippen LogP contribution in [0.3, 0.4) is 0 Å². The lowest BCUT2D eigenvalue weighted by Gasteiger charge is -2.08. The van der Waals surface area contributed by atoms with Gasteiger partial charge in [-0.05, 0) is 18.2 Å². The van der Waals surface area contributed by atoms with Gasteiger partial charge in [0.25, 0.3) is 11.6 Å². The van der Waals surface area contributed by atoms with Crippen LogP contribution in [0, 0.1) is 10.1 Å². The van der Waals surface area contributed by atoms with Crippen LogP contribution in [0.25, 0.3) is 0 Å². The molecule has 0 radical (unpaired) electrons. The summed E-state index contributed by atoms with van der Waals surface area (Å²) < 4.78 is 19.7. The maximum absolute atomic E-state index is 12.2. The van der Waals surface area contributed by atoms with E-state index in [4.69, 9.17) is 14.2 Å². The highest BCUT2D eigenvalue weighted by molar-refractivity contribution is 5.98. The smallest absolute Gasteiger partial charge is 0.338 e. The van der Waals surface area contributed by atoms with E-state index in [1.165, 1.54) is 0 Å². The molecule has 29 heavy (non-hydrogen) atoms. The van der Waals surface area contributed by atoms with Gasteiger partial charge in [-0.25, -0.2) is 9.59 Å². The van der Waals surface area contributed by atoms with Crippen LogP contribution in [-0.2, 0) is 14.3 Å². The van der Waals surface area contributed by atoms with Gasteiger partial charge in [-0.1, -0.05) is 0 Å². The number of esters is 2. The molecule has 0 atom stereocenters. The number of fused-ring (bicyclic) bond motifs is 1. The Labute approximate surface area is 163 Å². The lowest BCUT2D eigenvalue weighted by molar-refractivity contribution is -0.384. The Morgan fingerprint density at radius 2 is 1.76 bits per heavy atom. The van der Waals surface area contributed by atoms with Crippen molar-refractivity contribution in [3.63, 3.8) is 0 Å². The molecule has 0 spiro atoms. The number of nitrogens with zero attached hydrogens (tertiary/aromatic N) is 1. The molecule has 11 heteroatoms. The van der Waals surface area contributed by atoms with Crippen LogP contribution in [-0.4, -0.2) is 43.3 Å². The number of hydrogen-bond acceptors (Lipinski definition) is 9. The van der Waals surface area contributed by atoms with Crippen LogP contribution in [0.2, 0.25) is 0 Å². The lowest BCUT2D eigenvalue weighted by Crippen LogP contribution is -2.21. The first-order valence-corrected chi connectivity index (χ1v) is 8.12. The van der Waals surface area contributed by atoms with Crippen molar-refractivity contribution < 1.29 is 38.3 Å². The van der Waals surface area contributed by atoms with Gasteiger partial charge < -0.3 is 24.3 Å². The van der Waals surface area contributed by atoms with Crippen molar-refractivity contribution in [3.05, 3.63) is 57.6 Å². The molecule has 1 N–H and O–H groups in total. The van der Waals surface area contributed by atoms with Crippen molar-refractivity contribution in [3.8, 4) is 11.5 Å². The molecule has 1 aliphatic rings. The monoisotopic (exact) mass is 402 g/mol. The number of nitro groups is 1. The Hall–Kier alpha value is -4.15. The molecule has 2 aromatic rings. The third kappa shape index (κ3) is 4.58. The first-order valence-electron chi connectivity index (χ1n) is 8.12. The van der Waals surface area contributed by atoms with Gasteiger partial charge in [0.1, 0.15) is 0 Å². The number of benzene rings is 2. The number of ether oxygens (including phenoxy) is 4. The minimum absolute atomic E-state index is 0.0844. The van der Waals surface area contributed by atoms with E-state index in [0.29, 0.717) is 17.2 Å². The van der Waals surface area contributed by atoms with Crippen LogP contribution in [0.15, 0.2) is 36.4 Å². The van der Waals surface area contributed by atoms with Crippen LogP contribution >= 0.6 is 0 Å². The number of rotatable bonds is 6. The maximum atomic E-state index is 12.2. The van der Waals surface area contributed by atoms with E-state index >= 15 is 0 Å². The average Bonchev–Trinajstić information content (AvgIpc) is 3.18. The Bertz CT molecular complexity index is 1000. The second kappa shape index (κ2) is 8.25. The molecule has 3 rings (SSSR count). The van der Waals surface area contributed by atoms with Gasteiger partial charge in [-0.15, -0.1) is 0 Å². The number of nitrogens with one attached hydrogen (secondary N) is 1. The molecule has 150 valence electrons. The van der Waals surface area contributed by atoms with Crippen molar-refractivity contribution >= 4 is 29.2 Å². The predicted molar refractivity (Wildman–Crippen MR) is 95.9 cm³/mol. The zero-order chi connectivity index (χ0) is 21.0. The summed E-state index contributed by atoms with van der Waals surface area (Å²) in [5, 5.41) is 13.5. The fourth-order valence-electron chi connectivity index (χ4n) is 2.46. The SMILES string of the molecule is COC(=O)c1cc(C(=O)OCC(=O)Nc2ccc3c(c2)OCO3)cc([N+](=O)[O-])c1. The largest absolute Gasteiger partial charge is 0.465 e. The first-order chi connectivity index (χ1) is 13.9. The second-order valence-corrected chi connectivity index (χ2v) is 5.71. The van der Waals surface area contributed by atoms with Crippen molar-refractivity contribution in [2.75, 3.05) is 25.8 Å². The summed E-state index contributed by atoms with van der Waals surface area (Å²) in [6.45, 7) is -0.565. The quantitative estimate of drug-likeness (QED) is 0.435. The summed E-state index contributed by atoms with van der Waals surface area (Å²) >= 11 is 0. The number of methoxy groups -OCH3 is 1. The number of hydrogen-bond donors (Lipinski definition) is 1. The Kier molecular flexibility index (Phi) is 5.58. The lowest BCUT2D eigenvalue weighted by atomic mass is 10.1. The van der Waals surface area contributed by atoms with Gasteiger partial charge in [0, 0.05) is 23.9 Å². The van der Waals surface area contributed by atoms with Crippen LogP contribution in [0.4, 0.5) is 11.4 Å². The molecule has 0 saturated heterocycles. The van der Waals surface area contributed by atoms with Crippen molar-refractivity contribution in [1.29, 1.82) is 0 Å². The third-order valence-electron chi connectivity index (χ3n) is 3.78. The standard InChI is InChI=1S/C18H14N2O9/c1-26-17(22)10-4-11(6-13(5-10)20(24)25)18(23)27-8-16(21)19-12-2-3-14-15(7-12)29-9-28-14/h2-7H,8-9H2,1H3,(H,19,21). The highest BCUT2D eigenvalue weighted by Gasteiger charge is 2.20. The summed E-state index contributed by atoms with van der Waals surface area (Å²) in [6.07, 6.45) is 0. The van der Waals surface area contributed by atoms with E-state index < -0.39 is 35.1 Å². The summed E-state index contributed by atoms with van der Waals surface area (Å²) in [6, 6.07) is 7.72. The van der Waals surface area contributed by atoms with Crippen LogP contribution in [0.1, 0.15) is 20.7 Å². The van der Waals surface area contributed by atoms with Gasteiger partial charge in [-0.3, -0.25) is 14.9 Å². The van der Waals surface area contributed by atoms with Crippen molar-refractivity contribution in [2.45, 2.75) is 0 Å². The number of amides is 1. The molecule has 2 aromatic carbocycles. The molecule has 0 unspecified atom stereocenters. The molecule has 1 amide bonds. The normalized spacial score (nSPS) is 11.5. The molecule has 1 aliphatic heterocycles. The maximum Gasteiger partial charge on any atom is 0.338 e. The van der Waals surface area contributed by atoms with Crippen LogP contribution in [0.5, 0.6) is 11.5 Å². The predicted octanol–water partition coefficient (Wildman–Crippen LogP) is 1.91. The minimum atomic E-state index is -1.01. The fourth-order valence-corrected chi connectivity index (χ4v) is 2.46. The van der Waals surface area contributed by atoms with E-state index in [1.54, 1.807) is 18.2 Å². The minimum Gasteiger partial charge on any atom is -0.465 e. The molecule has 0 saturated carbocycles. The Balaban J connectivity index is 1.65. The molecular formula is C18H14N2O9. The van der Waals surface area contributed by atoms with Gasteiger partial charge in [-0.2, -0.15) is 0 Å². The highest BCUT2D eigenvalue weighted by atomic mass is 16.7. The molecule has 1 heterocycles. The summed E-state index contributed by atoms with van der Waals surface area (Å²) in [7, 11) is 1.10. The Morgan fingerprint density at radius 1 is 1.07 bits per heavy atom. The molecule has 0 aliphatic carbocycles. The number of carbonyl (C=O) groups excluding carboxylic acids is 3. The van der Waals surface area contributed by atoms with E-state index in [9.17, 15) is 24.5 Å². The fraction of sp³-hybridized carbons (Fsp3) is 0.167. The van der Waals surface area contributed by atoms with E-state index in [1.807, 2.05) is 0 Å². The average molecular weight is 402 g/mol. The van der Waals surface area contributed by atoms with Gasteiger partial charge in [0.2, 0.25) is 6.79 Å². The van der Waals surface area contributed by atoms with Crippen LogP contribution < -0.4 is 14.8 Å². The molecule has 0 aromatic heterocycles. The topological polar surface area (TPSA) is 143 Å². The molecule has 0 fully saturated rings. The zero-order valence-corrected chi connectivity index (χ0v) is 15.0. The number of carbonyl (C=O) groups is 3. The van der Waals surface area contributed by atoms with E-state index in [2.05, 4.69) is 10.1 Å². The van der Waals surface area contributed by atoms with Crippen molar-refractivity contribution in [2.24, 2.45) is 0 Å². The summed E-state index contributed by atoms with van der Waals surface area (Å²) in [5.41, 5.74) is -0.558. The molecular weight excluding hydrogens is 388 g/mol. The summed E-state index contributed by atoms with van der Waals surface area (Å²) in [4.78, 5) is 46.1. The third-order valence-corrected chi connectivity index (χ3v) is 3.78. The number of anilines is 1. The van der Waals surface area contributed by atoms with E-state index in [0.717, 1.165) is 25.3 Å². The number of non-ortho nitro benzene ring substituents is 1. The summed E-state index contributed by atoms with van der Waals surface area (Å²) in [5.74, 6) is -1.51. The first kappa shape index (κ1) is 19.6. The Morgan fingerprint density at radius 3 is 2.45 bits per heavy atom. The van der Waals surface area contributed by atoms with Crippen molar-refractivity contribution in [1.82, 2.24) is 0 Å².